The van der Waals surface area contributed by atoms with Crippen molar-refractivity contribution in [2.24, 2.45) is 17.6 Å². The zero-order chi connectivity index (χ0) is 11.6. The molecule has 1 saturated heterocycles. The van der Waals surface area contributed by atoms with Crippen molar-refractivity contribution >= 4 is 0 Å². The molecule has 1 aliphatic heterocycles. The summed E-state index contributed by atoms with van der Waals surface area (Å²) in [4.78, 5) is 0. The highest BCUT2D eigenvalue weighted by Gasteiger charge is 2.47. The van der Waals surface area contributed by atoms with Crippen molar-refractivity contribution in [1.29, 1.82) is 0 Å². The second-order valence-electron chi connectivity index (χ2n) is 5.10. The van der Waals surface area contributed by atoms with Crippen molar-refractivity contribution in [2.45, 2.75) is 19.3 Å². The van der Waals surface area contributed by atoms with Gasteiger partial charge in [0.2, 0.25) is 0 Å². The molecule has 0 radical (unpaired) electrons. The zero-order valence-corrected chi connectivity index (χ0v) is 10.1. The first kappa shape index (κ1) is 11.6. The van der Waals surface area contributed by atoms with Gasteiger partial charge in [-0.1, -0.05) is 44.2 Å². The maximum Gasteiger partial charge on any atom is 0.0588 e. The number of rotatable bonds is 4. The monoisotopic (exact) mass is 219 g/mol. The normalized spacial score (nSPS) is 20.5. The second kappa shape index (κ2) is 4.56. The molecule has 1 aliphatic rings. The maximum absolute atomic E-state index is 5.95. The highest BCUT2D eigenvalue weighted by atomic mass is 16.5. The second-order valence-corrected chi connectivity index (χ2v) is 5.10. The van der Waals surface area contributed by atoms with Crippen LogP contribution in [0.2, 0.25) is 0 Å². The molecule has 0 spiro atoms. The Labute approximate surface area is 97.8 Å². The van der Waals surface area contributed by atoms with E-state index in [-0.39, 0.29) is 5.41 Å². The summed E-state index contributed by atoms with van der Waals surface area (Å²) in [7, 11) is 0. The Bertz CT molecular complexity index is 330. The van der Waals surface area contributed by atoms with Gasteiger partial charge in [0, 0.05) is 5.41 Å². The van der Waals surface area contributed by atoms with Crippen molar-refractivity contribution < 1.29 is 4.74 Å². The van der Waals surface area contributed by atoms with Crippen LogP contribution in [0.15, 0.2) is 30.3 Å². The van der Waals surface area contributed by atoms with E-state index < -0.39 is 0 Å². The van der Waals surface area contributed by atoms with Gasteiger partial charge < -0.3 is 10.5 Å². The summed E-state index contributed by atoms with van der Waals surface area (Å²) in [6, 6.07) is 10.7. The fraction of sp³-hybridized carbons (Fsp3) is 0.571. The van der Waals surface area contributed by atoms with Gasteiger partial charge in [0.05, 0.1) is 13.2 Å². The summed E-state index contributed by atoms with van der Waals surface area (Å²) in [6.07, 6.45) is 0. The predicted octanol–water partition coefficient (Wildman–Crippen LogP) is 2.19. The summed E-state index contributed by atoms with van der Waals surface area (Å²) in [5, 5.41) is 0. The molecule has 0 bridgehead atoms. The quantitative estimate of drug-likeness (QED) is 0.842. The summed E-state index contributed by atoms with van der Waals surface area (Å²) in [5.74, 6) is 1.10. The average Bonchev–Trinajstić information content (AvgIpc) is 2.23. The lowest BCUT2D eigenvalue weighted by molar-refractivity contribution is -0.0982. The van der Waals surface area contributed by atoms with Gasteiger partial charge in [-0.05, 0) is 23.9 Å². The van der Waals surface area contributed by atoms with E-state index in [4.69, 9.17) is 10.5 Å². The van der Waals surface area contributed by atoms with E-state index in [2.05, 4.69) is 44.2 Å². The third-order valence-electron chi connectivity index (χ3n) is 3.84. The van der Waals surface area contributed by atoms with Gasteiger partial charge in [0.15, 0.2) is 0 Å². The Kier molecular flexibility index (Phi) is 3.31. The molecular formula is C14H21NO. The summed E-state index contributed by atoms with van der Waals surface area (Å²) < 4.78 is 5.47. The molecular weight excluding hydrogens is 198 g/mol. The van der Waals surface area contributed by atoms with Gasteiger partial charge in [-0.2, -0.15) is 0 Å². The van der Waals surface area contributed by atoms with E-state index in [0.717, 1.165) is 19.8 Å². The van der Waals surface area contributed by atoms with Crippen molar-refractivity contribution in [3.63, 3.8) is 0 Å². The summed E-state index contributed by atoms with van der Waals surface area (Å²) >= 11 is 0. The predicted molar refractivity (Wildman–Crippen MR) is 66.3 cm³/mol. The van der Waals surface area contributed by atoms with Gasteiger partial charge >= 0.3 is 0 Å². The Morgan fingerprint density at radius 3 is 2.25 bits per heavy atom. The smallest absolute Gasteiger partial charge is 0.0588 e. The minimum atomic E-state index is 0.157. The van der Waals surface area contributed by atoms with Gasteiger partial charge in [0.25, 0.3) is 0 Å². The summed E-state index contributed by atoms with van der Waals surface area (Å²) in [5.41, 5.74) is 7.49. The molecule has 1 aromatic rings. The maximum atomic E-state index is 5.95. The molecule has 88 valence electrons. The van der Waals surface area contributed by atoms with Crippen LogP contribution in [0.25, 0.3) is 0 Å². The van der Waals surface area contributed by atoms with Crippen LogP contribution in [0.3, 0.4) is 0 Å². The molecule has 0 aromatic heterocycles. The average molecular weight is 219 g/mol. The van der Waals surface area contributed by atoms with Gasteiger partial charge in [-0.15, -0.1) is 0 Å². The Hall–Kier alpha value is -0.860. The topological polar surface area (TPSA) is 35.2 Å². The first-order chi connectivity index (χ1) is 7.70. The molecule has 16 heavy (non-hydrogen) atoms. The van der Waals surface area contributed by atoms with Crippen molar-refractivity contribution in [1.82, 2.24) is 0 Å². The Balaban J connectivity index is 2.32. The summed E-state index contributed by atoms with van der Waals surface area (Å²) in [6.45, 7) is 6.87. The Morgan fingerprint density at radius 2 is 1.88 bits per heavy atom. The molecule has 1 atom stereocenters. The molecule has 0 aliphatic carbocycles. The molecule has 1 heterocycles. The van der Waals surface area contributed by atoms with Gasteiger partial charge in [0.1, 0.15) is 0 Å². The fourth-order valence-electron chi connectivity index (χ4n) is 2.82. The number of ether oxygens (including phenoxy) is 1. The van der Waals surface area contributed by atoms with Gasteiger partial charge in [-0.25, -0.2) is 0 Å². The van der Waals surface area contributed by atoms with Crippen LogP contribution in [-0.2, 0) is 10.2 Å². The van der Waals surface area contributed by atoms with E-state index in [1.54, 1.807) is 0 Å². The van der Waals surface area contributed by atoms with E-state index in [1.165, 1.54) is 5.56 Å². The highest BCUT2D eigenvalue weighted by molar-refractivity contribution is 5.29. The van der Waals surface area contributed by atoms with Crippen LogP contribution < -0.4 is 5.73 Å². The Morgan fingerprint density at radius 1 is 1.25 bits per heavy atom. The molecule has 0 saturated carbocycles. The number of nitrogens with two attached hydrogens (primary N) is 1. The molecule has 2 N–H and O–H groups in total. The van der Waals surface area contributed by atoms with Crippen molar-refractivity contribution in [3.8, 4) is 0 Å². The number of hydrogen-bond acceptors (Lipinski definition) is 2. The zero-order valence-electron chi connectivity index (χ0n) is 10.1. The van der Waals surface area contributed by atoms with E-state index in [0.29, 0.717) is 11.8 Å². The fourth-order valence-corrected chi connectivity index (χ4v) is 2.82. The molecule has 2 rings (SSSR count). The third kappa shape index (κ3) is 1.76. The van der Waals surface area contributed by atoms with Gasteiger partial charge in [-0.3, -0.25) is 0 Å². The minimum absolute atomic E-state index is 0.157. The van der Waals surface area contributed by atoms with Crippen LogP contribution in [0.4, 0.5) is 0 Å². The highest BCUT2D eigenvalue weighted by Crippen LogP contribution is 2.42. The SMILES string of the molecule is CC(C)C(CN)C1(c2ccccc2)COC1. The lowest BCUT2D eigenvalue weighted by Crippen LogP contribution is -2.56. The third-order valence-corrected chi connectivity index (χ3v) is 3.84. The first-order valence-corrected chi connectivity index (χ1v) is 6.04. The lowest BCUT2D eigenvalue weighted by atomic mass is 9.65. The molecule has 1 unspecified atom stereocenters. The van der Waals surface area contributed by atoms with Crippen molar-refractivity contribution in [2.75, 3.05) is 19.8 Å². The standard InChI is InChI=1S/C14H21NO/c1-11(2)13(8-15)14(9-16-10-14)12-6-4-3-5-7-12/h3-7,11,13H,8-10,15H2,1-2H3. The largest absolute Gasteiger partial charge is 0.379 e. The lowest BCUT2D eigenvalue weighted by Gasteiger charge is -2.49. The van der Waals surface area contributed by atoms with Crippen LogP contribution in [-0.4, -0.2) is 19.8 Å². The molecule has 1 fully saturated rings. The van der Waals surface area contributed by atoms with E-state index in [9.17, 15) is 0 Å². The van der Waals surface area contributed by atoms with E-state index >= 15 is 0 Å². The van der Waals surface area contributed by atoms with Crippen LogP contribution in [0, 0.1) is 11.8 Å². The van der Waals surface area contributed by atoms with Crippen molar-refractivity contribution in [3.05, 3.63) is 35.9 Å². The molecule has 2 heteroatoms. The molecule has 0 amide bonds. The molecule has 1 aromatic carbocycles. The van der Waals surface area contributed by atoms with Crippen LogP contribution in [0.1, 0.15) is 19.4 Å². The number of hydrogen-bond donors (Lipinski definition) is 1. The first-order valence-electron chi connectivity index (χ1n) is 6.04. The van der Waals surface area contributed by atoms with Crippen LogP contribution in [0.5, 0.6) is 0 Å². The minimum Gasteiger partial charge on any atom is -0.379 e. The van der Waals surface area contributed by atoms with E-state index in [1.807, 2.05) is 0 Å². The van der Waals surface area contributed by atoms with Crippen LogP contribution >= 0.6 is 0 Å². The number of benzene rings is 1. The molecule has 2 nitrogen and oxygen atoms in total.